The lowest BCUT2D eigenvalue weighted by atomic mass is 10.1. The van der Waals surface area contributed by atoms with Gasteiger partial charge < -0.3 is 10.1 Å². The standard InChI is InChI=1S/C21H25ClN2O4S/c1-16-8-9-18(15-20(16)29(26,27)24-11-13-28-14-12-24)21(25)23-10-4-6-17-5-2-3-7-19(17)22/h2-3,5,7-9,15H,4,6,10-14H2,1H3,(H,23,25). The second-order valence-electron chi connectivity index (χ2n) is 6.95. The summed E-state index contributed by atoms with van der Waals surface area (Å²) in [5.41, 5.74) is 1.99. The van der Waals surface area contributed by atoms with E-state index in [1.165, 1.54) is 10.4 Å². The minimum Gasteiger partial charge on any atom is -0.379 e. The van der Waals surface area contributed by atoms with Crippen molar-refractivity contribution in [1.82, 2.24) is 9.62 Å². The highest BCUT2D eigenvalue weighted by molar-refractivity contribution is 7.89. The Hall–Kier alpha value is -1.93. The summed E-state index contributed by atoms with van der Waals surface area (Å²) in [7, 11) is -3.66. The van der Waals surface area contributed by atoms with E-state index in [1.807, 2.05) is 24.3 Å². The van der Waals surface area contributed by atoms with Gasteiger partial charge in [-0.2, -0.15) is 4.31 Å². The van der Waals surface area contributed by atoms with E-state index in [4.69, 9.17) is 16.3 Å². The van der Waals surface area contributed by atoms with Gasteiger partial charge in [-0.25, -0.2) is 8.42 Å². The number of carbonyl (C=O) groups excluding carboxylic acids is 1. The Morgan fingerprint density at radius 3 is 2.62 bits per heavy atom. The quantitative estimate of drug-likeness (QED) is 0.677. The average molecular weight is 437 g/mol. The Labute approximate surface area is 176 Å². The molecule has 1 N–H and O–H groups in total. The minimum atomic E-state index is -3.66. The summed E-state index contributed by atoms with van der Waals surface area (Å²) in [5.74, 6) is -0.289. The van der Waals surface area contributed by atoms with E-state index in [-0.39, 0.29) is 10.8 Å². The maximum Gasteiger partial charge on any atom is 0.251 e. The molecule has 0 aromatic heterocycles. The van der Waals surface area contributed by atoms with Gasteiger partial charge in [-0.15, -0.1) is 0 Å². The van der Waals surface area contributed by atoms with Crippen molar-refractivity contribution in [2.24, 2.45) is 0 Å². The lowest BCUT2D eigenvalue weighted by Gasteiger charge is -2.26. The Bertz CT molecular complexity index is 972. The molecule has 0 atom stereocenters. The first-order valence-corrected chi connectivity index (χ1v) is 11.4. The van der Waals surface area contributed by atoms with E-state index < -0.39 is 10.0 Å². The zero-order chi connectivity index (χ0) is 20.9. The second kappa shape index (κ2) is 9.71. The SMILES string of the molecule is Cc1ccc(C(=O)NCCCc2ccccc2Cl)cc1S(=O)(=O)N1CCOCC1. The van der Waals surface area contributed by atoms with Gasteiger partial charge in [0.1, 0.15) is 0 Å². The second-order valence-corrected chi connectivity index (χ2v) is 9.26. The summed E-state index contributed by atoms with van der Waals surface area (Å²) < 4.78 is 32.6. The molecular formula is C21H25ClN2O4S. The number of benzene rings is 2. The normalized spacial score (nSPS) is 15.2. The van der Waals surface area contributed by atoms with E-state index in [9.17, 15) is 13.2 Å². The van der Waals surface area contributed by atoms with Crippen molar-refractivity contribution in [3.8, 4) is 0 Å². The predicted molar refractivity (Wildman–Crippen MR) is 113 cm³/mol. The Morgan fingerprint density at radius 2 is 1.90 bits per heavy atom. The fourth-order valence-electron chi connectivity index (χ4n) is 3.23. The fraction of sp³-hybridized carbons (Fsp3) is 0.381. The summed E-state index contributed by atoms with van der Waals surface area (Å²) in [6, 6.07) is 12.4. The smallest absolute Gasteiger partial charge is 0.251 e. The molecule has 0 aliphatic carbocycles. The minimum absolute atomic E-state index is 0.170. The van der Waals surface area contributed by atoms with Crippen LogP contribution in [0.2, 0.25) is 5.02 Å². The molecule has 0 spiro atoms. The summed E-state index contributed by atoms with van der Waals surface area (Å²) >= 11 is 6.14. The molecular weight excluding hydrogens is 412 g/mol. The molecule has 29 heavy (non-hydrogen) atoms. The topological polar surface area (TPSA) is 75.7 Å². The van der Waals surface area contributed by atoms with Gasteiger partial charge in [-0.05, 0) is 49.1 Å². The maximum absolute atomic E-state index is 13.0. The Morgan fingerprint density at radius 1 is 1.17 bits per heavy atom. The van der Waals surface area contributed by atoms with Gasteiger partial charge in [0.2, 0.25) is 10.0 Å². The molecule has 8 heteroatoms. The molecule has 3 rings (SSSR count). The van der Waals surface area contributed by atoms with E-state index in [0.717, 1.165) is 23.4 Å². The van der Waals surface area contributed by atoms with E-state index in [0.29, 0.717) is 44.0 Å². The average Bonchev–Trinajstić information content (AvgIpc) is 2.73. The molecule has 1 amide bonds. The monoisotopic (exact) mass is 436 g/mol. The highest BCUT2D eigenvalue weighted by atomic mass is 35.5. The summed E-state index contributed by atoms with van der Waals surface area (Å²) in [6.45, 7) is 3.61. The lowest BCUT2D eigenvalue weighted by Crippen LogP contribution is -2.41. The van der Waals surface area contributed by atoms with Crippen molar-refractivity contribution >= 4 is 27.5 Å². The third-order valence-electron chi connectivity index (χ3n) is 4.90. The third kappa shape index (κ3) is 5.36. The number of morpholine rings is 1. The first-order chi connectivity index (χ1) is 13.9. The van der Waals surface area contributed by atoms with Crippen molar-refractivity contribution in [1.29, 1.82) is 0 Å². The molecule has 1 fully saturated rings. The van der Waals surface area contributed by atoms with Crippen LogP contribution in [-0.4, -0.2) is 51.5 Å². The van der Waals surface area contributed by atoms with Crippen molar-refractivity contribution in [3.05, 3.63) is 64.2 Å². The number of hydrogen-bond acceptors (Lipinski definition) is 4. The summed E-state index contributed by atoms with van der Waals surface area (Å²) in [4.78, 5) is 12.7. The van der Waals surface area contributed by atoms with Gasteiger partial charge in [0.25, 0.3) is 5.91 Å². The van der Waals surface area contributed by atoms with E-state index in [2.05, 4.69) is 5.32 Å². The Balaban J connectivity index is 1.64. The first kappa shape index (κ1) is 21.8. The summed E-state index contributed by atoms with van der Waals surface area (Å²) in [5, 5.41) is 3.57. The molecule has 0 saturated carbocycles. The van der Waals surface area contributed by atoms with Crippen molar-refractivity contribution in [3.63, 3.8) is 0 Å². The zero-order valence-electron chi connectivity index (χ0n) is 16.4. The Kier molecular flexibility index (Phi) is 7.29. The molecule has 6 nitrogen and oxygen atoms in total. The van der Waals surface area contributed by atoms with Crippen LogP contribution in [0.5, 0.6) is 0 Å². The van der Waals surface area contributed by atoms with Crippen LogP contribution in [0.25, 0.3) is 0 Å². The van der Waals surface area contributed by atoms with Gasteiger partial charge in [-0.3, -0.25) is 4.79 Å². The van der Waals surface area contributed by atoms with E-state index >= 15 is 0 Å². The van der Waals surface area contributed by atoms with Crippen LogP contribution in [0.3, 0.4) is 0 Å². The summed E-state index contributed by atoms with van der Waals surface area (Å²) in [6.07, 6.45) is 1.49. The van der Waals surface area contributed by atoms with Crippen molar-refractivity contribution in [2.45, 2.75) is 24.7 Å². The maximum atomic E-state index is 13.0. The van der Waals surface area contributed by atoms with Gasteiger partial charge in [0, 0.05) is 30.2 Å². The number of nitrogens with one attached hydrogen (secondary N) is 1. The van der Waals surface area contributed by atoms with Gasteiger partial charge >= 0.3 is 0 Å². The van der Waals surface area contributed by atoms with Crippen molar-refractivity contribution in [2.75, 3.05) is 32.8 Å². The molecule has 2 aromatic rings. The molecule has 2 aromatic carbocycles. The van der Waals surface area contributed by atoms with Crippen LogP contribution in [0.1, 0.15) is 27.9 Å². The zero-order valence-corrected chi connectivity index (χ0v) is 17.9. The number of carbonyl (C=O) groups is 1. The number of ether oxygens (including phenoxy) is 1. The van der Waals surface area contributed by atoms with Gasteiger partial charge in [-0.1, -0.05) is 35.9 Å². The van der Waals surface area contributed by atoms with Crippen LogP contribution >= 0.6 is 11.6 Å². The highest BCUT2D eigenvalue weighted by Crippen LogP contribution is 2.22. The van der Waals surface area contributed by atoms with E-state index in [1.54, 1.807) is 19.1 Å². The number of sulfonamides is 1. The molecule has 1 aliphatic heterocycles. The van der Waals surface area contributed by atoms with Crippen LogP contribution in [0.4, 0.5) is 0 Å². The fourth-order valence-corrected chi connectivity index (χ4v) is 5.12. The number of hydrogen-bond donors (Lipinski definition) is 1. The number of aryl methyl sites for hydroxylation is 2. The molecule has 0 radical (unpaired) electrons. The number of nitrogens with zero attached hydrogens (tertiary/aromatic N) is 1. The van der Waals surface area contributed by atoms with Gasteiger partial charge in [0.05, 0.1) is 18.1 Å². The molecule has 1 heterocycles. The third-order valence-corrected chi connectivity index (χ3v) is 7.31. The van der Waals surface area contributed by atoms with Crippen LogP contribution in [0.15, 0.2) is 47.4 Å². The molecule has 1 aliphatic rings. The molecule has 156 valence electrons. The first-order valence-electron chi connectivity index (χ1n) is 9.60. The van der Waals surface area contributed by atoms with Crippen LogP contribution < -0.4 is 5.32 Å². The predicted octanol–water partition coefficient (Wildman–Crippen LogP) is 3.03. The highest BCUT2D eigenvalue weighted by Gasteiger charge is 2.28. The van der Waals surface area contributed by atoms with Gasteiger partial charge in [0.15, 0.2) is 0 Å². The lowest BCUT2D eigenvalue weighted by molar-refractivity contribution is 0.0730. The number of amides is 1. The van der Waals surface area contributed by atoms with Crippen molar-refractivity contribution < 1.29 is 17.9 Å². The number of halogens is 1. The van der Waals surface area contributed by atoms with Crippen LogP contribution in [0, 0.1) is 6.92 Å². The molecule has 0 unspecified atom stereocenters. The largest absolute Gasteiger partial charge is 0.379 e. The molecule has 0 bridgehead atoms. The van der Waals surface area contributed by atoms with Crippen LogP contribution in [-0.2, 0) is 21.2 Å². The molecule has 1 saturated heterocycles. The number of rotatable bonds is 7.